The summed E-state index contributed by atoms with van der Waals surface area (Å²) in [6.45, 7) is 8.34. The van der Waals surface area contributed by atoms with E-state index in [-0.39, 0.29) is 11.6 Å². The van der Waals surface area contributed by atoms with Crippen LogP contribution in [0.25, 0.3) is 0 Å². The minimum Gasteiger partial charge on any atom is -0.391 e. The molecule has 2 heterocycles. The van der Waals surface area contributed by atoms with Crippen molar-refractivity contribution in [2.75, 3.05) is 26.3 Å². The molecule has 0 radical (unpaired) electrons. The van der Waals surface area contributed by atoms with Crippen LogP contribution in [-0.4, -0.2) is 48.0 Å². The number of likely N-dealkylation sites (tertiary alicyclic amines) is 1. The Bertz CT molecular complexity index is 234. The smallest absolute Gasteiger partial charge is 0.0771 e. The molecule has 0 aliphatic carbocycles. The van der Waals surface area contributed by atoms with E-state index in [0.717, 1.165) is 45.6 Å². The van der Waals surface area contributed by atoms with Crippen molar-refractivity contribution in [1.82, 2.24) is 4.90 Å². The molecule has 3 nitrogen and oxygen atoms in total. The number of aliphatic hydroxyl groups is 1. The van der Waals surface area contributed by atoms with Gasteiger partial charge < -0.3 is 9.84 Å². The molecule has 2 saturated heterocycles. The SMILES string of the molecule is CCC(C)(C(O)C1CCCOC1)N1CCCC1. The molecule has 0 aromatic rings. The highest BCUT2D eigenvalue weighted by molar-refractivity contribution is 4.97. The quantitative estimate of drug-likeness (QED) is 0.817. The van der Waals surface area contributed by atoms with Crippen LogP contribution in [0.3, 0.4) is 0 Å². The number of ether oxygens (including phenoxy) is 1. The van der Waals surface area contributed by atoms with Crippen molar-refractivity contribution >= 4 is 0 Å². The van der Waals surface area contributed by atoms with Crippen LogP contribution in [0.4, 0.5) is 0 Å². The van der Waals surface area contributed by atoms with Crippen LogP contribution < -0.4 is 0 Å². The molecule has 1 N–H and O–H groups in total. The molecule has 3 unspecified atom stereocenters. The summed E-state index contributed by atoms with van der Waals surface area (Å²) in [5.74, 6) is 0.328. The van der Waals surface area contributed by atoms with Crippen LogP contribution in [0.15, 0.2) is 0 Å². The van der Waals surface area contributed by atoms with Crippen molar-refractivity contribution < 1.29 is 9.84 Å². The molecule has 2 rings (SSSR count). The highest BCUT2D eigenvalue weighted by atomic mass is 16.5. The lowest BCUT2D eigenvalue weighted by molar-refractivity contribution is -0.0835. The Morgan fingerprint density at radius 1 is 1.35 bits per heavy atom. The van der Waals surface area contributed by atoms with Crippen molar-refractivity contribution in [3.63, 3.8) is 0 Å². The highest BCUT2D eigenvalue weighted by Crippen LogP contribution is 2.33. The molecule has 17 heavy (non-hydrogen) atoms. The van der Waals surface area contributed by atoms with Gasteiger partial charge in [-0.25, -0.2) is 0 Å². The van der Waals surface area contributed by atoms with Gasteiger partial charge in [0.15, 0.2) is 0 Å². The monoisotopic (exact) mass is 241 g/mol. The Kier molecular flexibility index (Phi) is 4.45. The summed E-state index contributed by atoms with van der Waals surface area (Å²) < 4.78 is 5.53. The van der Waals surface area contributed by atoms with Crippen LogP contribution >= 0.6 is 0 Å². The van der Waals surface area contributed by atoms with E-state index in [1.54, 1.807) is 0 Å². The first kappa shape index (κ1) is 13.3. The van der Waals surface area contributed by atoms with E-state index in [1.165, 1.54) is 12.8 Å². The average molecular weight is 241 g/mol. The van der Waals surface area contributed by atoms with Crippen LogP contribution in [-0.2, 0) is 4.74 Å². The predicted octanol–water partition coefficient (Wildman–Crippen LogP) is 2.04. The molecular weight excluding hydrogens is 214 g/mol. The van der Waals surface area contributed by atoms with Crippen molar-refractivity contribution in [1.29, 1.82) is 0 Å². The second-order valence-corrected chi connectivity index (χ2v) is 5.83. The summed E-state index contributed by atoms with van der Waals surface area (Å²) >= 11 is 0. The normalized spacial score (nSPS) is 32.3. The third-order valence-electron chi connectivity index (χ3n) is 4.82. The minimum absolute atomic E-state index is 0.0537. The number of nitrogens with zero attached hydrogens (tertiary/aromatic N) is 1. The van der Waals surface area contributed by atoms with Gasteiger partial charge >= 0.3 is 0 Å². The van der Waals surface area contributed by atoms with E-state index in [9.17, 15) is 5.11 Å². The molecule has 0 bridgehead atoms. The molecule has 0 spiro atoms. The van der Waals surface area contributed by atoms with Gasteiger partial charge in [0.25, 0.3) is 0 Å². The lowest BCUT2D eigenvalue weighted by Crippen LogP contribution is -2.56. The Morgan fingerprint density at radius 3 is 2.59 bits per heavy atom. The van der Waals surface area contributed by atoms with Crippen LogP contribution in [0.1, 0.15) is 46.0 Å². The molecule has 2 aliphatic rings. The standard InChI is InChI=1S/C14H27NO2/c1-3-14(2,15-8-4-5-9-15)13(16)12-7-6-10-17-11-12/h12-13,16H,3-11H2,1-2H3. The first-order valence-electron chi connectivity index (χ1n) is 7.19. The fourth-order valence-electron chi connectivity index (χ4n) is 3.37. The van der Waals surface area contributed by atoms with E-state index in [4.69, 9.17) is 4.74 Å². The van der Waals surface area contributed by atoms with Crippen molar-refractivity contribution in [2.24, 2.45) is 5.92 Å². The zero-order chi connectivity index (χ0) is 12.3. The predicted molar refractivity (Wildman–Crippen MR) is 69.1 cm³/mol. The zero-order valence-electron chi connectivity index (χ0n) is 11.3. The first-order valence-corrected chi connectivity index (χ1v) is 7.19. The summed E-state index contributed by atoms with van der Waals surface area (Å²) in [6.07, 6.45) is 5.55. The lowest BCUT2D eigenvalue weighted by Gasteiger charge is -2.45. The number of hydrogen-bond donors (Lipinski definition) is 1. The van der Waals surface area contributed by atoms with E-state index in [2.05, 4.69) is 18.7 Å². The molecule has 100 valence electrons. The second kappa shape index (κ2) is 5.68. The fraction of sp³-hybridized carbons (Fsp3) is 1.00. The largest absolute Gasteiger partial charge is 0.391 e. The van der Waals surface area contributed by atoms with Gasteiger partial charge in [0.05, 0.1) is 12.7 Å². The molecule has 2 aliphatic heterocycles. The average Bonchev–Trinajstić information content (AvgIpc) is 2.92. The van der Waals surface area contributed by atoms with Gasteiger partial charge in [0.1, 0.15) is 0 Å². The summed E-state index contributed by atoms with van der Waals surface area (Å²) in [4.78, 5) is 2.49. The molecule has 0 aromatic heterocycles. The van der Waals surface area contributed by atoms with E-state index >= 15 is 0 Å². The minimum atomic E-state index is -0.245. The second-order valence-electron chi connectivity index (χ2n) is 5.83. The zero-order valence-corrected chi connectivity index (χ0v) is 11.3. The molecule has 3 heteroatoms. The number of aliphatic hydroxyl groups excluding tert-OH is 1. The molecule has 0 saturated carbocycles. The Hall–Kier alpha value is -0.120. The van der Waals surface area contributed by atoms with Crippen molar-refractivity contribution in [2.45, 2.75) is 57.6 Å². The molecular formula is C14H27NO2. The fourth-order valence-corrected chi connectivity index (χ4v) is 3.37. The van der Waals surface area contributed by atoms with E-state index in [0.29, 0.717) is 5.92 Å². The van der Waals surface area contributed by atoms with Gasteiger partial charge in [-0.15, -0.1) is 0 Å². The third kappa shape index (κ3) is 2.67. The van der Waals surface area contributed by atoms with Crippen LogP contribution in [0.5, 0.6) is 0 Å². The summed E-state index contributed by atoms with van der Waals surface area (Å²) in [7, 11) is 0. The Morgan fingerprint density at radius 2 is 2.06 bits per heavy atom. The van der Waals surface area contributed by atoms with Gasteiger partial charge in [-0.2, -0.15) is 0 Å². The van der Waals surface area contributed by atoms with Crippen LogP contribution in [0, 0.1) is 5.92 Å². The van der Waals surface area contributed by atoms with Gasteiger partial charge in [-0.3, -0.25) is 4.90 Å². The maximum atomic E-state index is 10.7. The Balaban J connectivity index is 2.04. The summed E-state index contributed by atoms with van der Waals surface area (Å²) in [6, 6.07) is 0. The van der Waals surface area contributed by atoms with Crippen molar-refractivity contribution in [3.05, 3.63) is 0 Å². The summed E-state index contributed by atoms with van der Waals surface area (Å²) in [5.41, 5.74) is -0.0537. The Labute approximate surface area is 105 Å². The molecule has 3 atom stereocenters. The molecule has 2 fully saturated rings. The van der Waals surface area contributed by atoms with Gasteiger partial charge in [-0.05, 0) is 52.1 Å². The van der Waals surface area contributed by atoms with Gasteiger partial charge in [-0.1, -0.05) is 6.92 Å². The topological polar surface area (TPSA) is 32.7 Å². The van der Waals surface area contributed by atoms with E-state index in [1.807, 2.05) is 0 Å². The van der Waals surface area contributed by atoms with Gasteiger partial charge in [0, 0.05) is 18.1 Å². The van der Waals surface area contributed by atoms with Crippen molar-refractivity contribution in [3.8, 4) is 0 Å². The molecule has 0 aromatic carbocycles. The molecule has 0 amide bonds. The maximum Gasteiger partial charge on any atom is 0.0771 e. The number of rotatable bonds is 4. The maximum absolute atomic E-state index is 10.7. The van der Waals surface area contributed by atoms with E-state index < -0.39 is 0 Å². The third-order valence-corrected chi connectivity index (χ3v) is 4.82. The highest BCUT2D eigenvalue weighted by Gasteiger charge is 2.42. The van der Waals surface area contributed by atoms with Gasteiger partial charge in [0.2, 0.25) is 0 Å². The van der Waals surface area contributed by atoms with Crippen LogP contribution in [0.2, 0.25) is 0 Å². The number of hydrogen-bond acceptors (Lipinski definition) is 3. The first-order chi connectivity index (χ1) is 8.18. The lowest BCUT2D eigenvalue weighted by atomic mass is 9.80. The summed E-state index contributed by atoms with van der Waals surface area (Å²) in [5, 5.41) is 10.7.